The van der Waals surface area contributed by atoms with Crippen molar-refractivity contribution in [2.75, 3.05) is 36.4 Å². The molecule has 1 aromatic heterocycles. The summed E-state index contributed by atoms with van der Waals surface area (Å²) in [7, 11) is 0. The summed E-state index contributed by atoms with van der Waals surface area (Å²) in [6, 6.07) is 19.2. The summed E-state index contributed by atoms with van der Waals surface area (Å²) in [4.78, 5) is 29.1. The Labute approximate surface area is 188 Å². The third-order valence-electron chi connectivity index (χ3n) is 5.56. The topological polar surface area (TPSA) is 77.8 Å². The number of hydrogen-bond donors (Lipinski definition) is 2. The van der Waals surface area contributed by atoms with Gasteiger partial charge in [0.2, 0.25) is 0 Å². The van der Waals surface area contributed by atoms with Gasteiger partial charge in [0.15, 0.2) is 5.76 Å². The molecule has 0 unspecified atom stereocenters. The standard InChI is InChI=1S/C25H28N4O3/c1-19-8-10-22(11-9-19)28-12-4-13-29(15-14-28)25(31)26-18-20-5-2-6-21(17-20)27-24(30)23-7-3-16-32-23/h2-3,5-11,16-17H,4,12-15,18H2,1H3,(H,26,31)(H,27,30). The van der Waals surface area contributed by atoms with Gasteiger partial charge in [0, 0.05) is 44.1 Å². The smallest absolute Gasteiger partial charge is 0.317 e. The lowest BCUT2D eigenvalue weighted by molar-refractivity contribution is 0.0996. The number of carbonyl (C=O) groups is 2. The molecule has 0 saturated carbocycles. The van der Waals surface area contributed by atoms with E-state index in [1.54, 1.807) is 18.2 Å². The lowest BCUT2D eigenvalue weighted by Gasteiger charge is -2.24. The fraction of sp³-hybridized carbons (Fsp3) is 0.280. The molecule has 1 fully saturated rings. The van der Waals surface area contributed by atoms with E-state index in [-0.39, 0.29) is 17.7 Å². The highest BCUT2D eigenvalue weighted by Gasteiger charge is 2.19. The van der Waals surface area contributed by atoms with Gasteiger partial charge in [0.1, 0.15) is 0 Å². The molecule has 1 aliphatic heterocycles. The van der Waals surface area contributed by atoms with Gasteiger partial charge in [-0.05, 0) is 55.3 Å². The van der Waals surface area contributed by atoms with Crippen LogP contribution in [-0.4, -0.2) is 43.0 Å². The summed E-state index contributed by atoms with van der Waals surface area (Å²) in [5.74, 6) is -0.0524. The Morgan fingerprint density at radius 3 is 2.59 bits per heavy atom. The van der Waals surface area contributed by atoms with Crippen LogP contribution in [0, 0.1) is 6.92 Å². The zero-order chi connectivity index (χ0) is 22.3. The van der Waals surface area contributed by atoms with Crippen molar-refractivity contribution in [2.45, 2.75) is 19.9 Å². The average molecular weight is 433 g/mol. The van der Waals surface area contributed by atoms with Gasteiger partial charge >= 0.3 is 6.03 Å². The Kier molecular flexibility index (Phi) is 6.75. The predicted octanol–water partition coefficient (Wildman–Crippen LogP) is 4.26. The number of carbonyl (C=O) groups excluding carboxylic acids is 2. The van der Waals surface area contributed by atoms with Crippen LogP contribution in [-0.2, 0) is 6.54 Å². The number of amides is 3. The minimum atomic E-state index is -0.307. The molecule has 4 rings (SSSR count). The van der Waals surface area contributed by atoms with E-state index in [0.717, 1.165) is 31.6 Å². The first kappa shape index (κ1) is 21.5. The number of furan rings is 1. The molecule has 2 N–H and O–H groups in total. The van der Waals surface area contributed by atoms with Gasteiger partial charge in [-0.25, -0.2) is 4.79 Å². The molecule has 32 heavy (non-hydrogen) atoms. The van der Waals surface area contributed by atoms with Gasteiger partial charge in [-0.2, -0.15) is 0 Å². The molecular weight excluding hydrogens is 404 g/mol. The third-order valence-corrected chi connectivity index (χ3v) is 5.56. The van der Waals surface area contributed by atoms with Crippen LogP contribution in [0.5, 0.6) is 0 Å². The number of nitrogens with zero attached hydrogens (tertiary/aromatic N) is 2. The van der Waals surface area contributed by atoms with Crippen molar-refractivity contribution in [2.24, 2.45) is 0 Å². The molecule has 2 heterocycles. The summed E-state index contributed by atoms with van der Waals surface area (Å²) in [6.45, 7) is 5.63. The number of hydrogen-bond acceptors (Lipinski definition) is 4. The molecule has 2 aromatic carbocycles. The highest BCUT2D eigenvalue weighted by atomic mass is 16.3. The van der Waals surface area contributed by atoms with E-state index >= 15 is 0 Å². The minimum Gasteiger partial charge on any atom is -0.459 e. The lowest BCUT2D eigenvalue weighted by atomic mass is 10.2. The Morgan fingerprint density at radius 1 is 0.969 bits per heavy atom. The van der Waals surface area contributed by atoms with E-state index in [2.05, 4.69) is 46.7 Å². The first-order valence-corrected chi connectivity index (χ1v) is 10.9. The summed E-state index contributed by atoms with van der Waals surface area (Å²) in [6.07, 6.45) is 2.39. The molecule has 166 valence electrons. The van der Waals surface area contributed by atoms with Crippen LogP contribution in [0.25, 0.3) is 0 Å². The van der Waals surface area contributed by atoms with Crippen LogP contribution in [0.4, 0.5) is 16.2 Å². The predicted molar refractivity (Wildman–Crippen MR) is 125 cm³/mol. The molecule has 3 amide bonds. The largest absolute Gasteiger partial charge is 0.459 e. The number of benzene rings is 2. The van der Waals surface area contributed by atoms with E-state index in [0.29, 0.717) is 18.8 Å². The van der Waals surface area contributed by atoms with E-state index < -0.39 is 0 Å². The number of urea groups is 1. The van der Waals surface area contributed by atoms with Gasteiger partial charge in [-0.15, -0.1) is 0 Å². The lowest BCUT2D eigenvalue weighted by Crippen LogP contribution is -2.41. The molecule has 1 saturated heterocycles. The first-order chi connectivity index (χ1) is 15.6. The van der Waals surface area contributed by atoms with Crippen molar-refractivity contribution in [1.82, 2.24) is 10.2 Å². The fourth-order valence-electron chi connectivity index (χ4n) is 3.78. The number of anilines is 2. The summed E-state index contributed by atoms with van der Waals surface area (Å²) in [5.41, 5.74) is 4.01. The van der Waals surface area contributed by atoms with Crippen molar-refractivity contribution >= 4 is 23.3 Å². The van der Waals surface area contributed by atoms with Crippen LogP contribution in [0.2, 0.25) is 0 Å². The minimum absolute atomic E-state index is 0.0687. The summed E-state index contributed by atoms with van der Waals surface area (Å²) in [5, 5.41) is 5.81. The van der Waals surface area contributed by atoms with Crippen molar-refractivity contribution in [3.63, 3.8) is 0 Å². The van der Waals surface area contributed by atoms with E-state index in [4.69, 9.17) is 4.42 Å². The van der Waals surface area contributed by atoms with Gasteiger partial charge in [0.25, 0.3) is 5.91 Å². The molecule has 0 atom stereocenters. The molecule has 0 radical (unpaired) electrons. The third kappa shape index (κ3) is 5.49. The maximum atomic E-state index is 12.7. The van der Waals surface area contributed by atoms with Gasteiger partial charge in [0.05, 0.1) is 6.26 Å². The van der Waals surface area contributed by atoms with Crippen molar-refractivity contribution in [3.8, 4) is 0 Å². The summed E-state index contributed by atoms with van der Waals surface area (Å²) >= 11 is 0. The SMILES string of the molecule is Cc1ccc(N2CCCN(C(=O)NCc3cccc(NC(=O)c4ccco4)c3)CC2)cc1. The quantitative estimate of drug-likeness (QED) is 0.631. The maximum absolute atomic E-state index is 12.7. The molecule has 7 nitrogen and oxygen atoms in total. The first-order valence-electron chi connectivity index (χ1n) is 10.9. The fourth-order valence-corrected chi connectivity index (χ4v) is 3.78. The highest BCUT2D eigenvalue weighted by Crippen LogP contribution is 2.18. The van der Waals surface area contributed by atoms with Gasteiger partial charge in [-0.1, -0.05) is 29.8 Å². The molecule has 3 aromatic rings. The monoisotopic (exact) mass is 432 g/mol. The highest BCUT2D eigenvalue weighted by molar-refractivity contribution is 6.02. The maximum Gasteiger partial charge on any atom is 0.317 e. The van der Waals surface area contributed by atoms with Crippen molar-refractivity contribution in [1.29, 1.82) is 0 Å². The molecule has 0 aliphatic carbocycles. The Hall–Kier alpha value is -3.74. The zero-order valence-electron chi connectivity index (χ0n) is 18.2. The Balaban J connectivity index is 1.29. The van der Waals surface area contributed by atoms with Crippen LogP contribution in [0.1, 0.15) is 28.1 Å². The van der Waals surface area contributed by atoms with Crippen LogP contribution in [0.3, 0.4) is 0 Å². The number of nitrogens with one attached hydrogen (secondary N) is 2. The van der Waals surface area contributed by atoms with E-state index in [9.17, 15) is 9.59 Å². The Morgan fingerprint density at radius 2 is 1.81 bits per heavy atom. The van der Waals surface area contributed by atoms with Crippen LogP contribution < -0.4 is 15.5 Å². The molecule has 0 spiro atoms. The van der Waals surface area contributed by atoms with Gasteiger partial charge < -0.3 is 24.9 Å². The summed E-state index contributed by atoms with van der Waals surface area (Å²) < 4.78 is 5.12. The van der Waals surface area contributed by atoms with Crippen LogP contribution in [0.15, 0.2) is 71.3 Å². The molecule has 7 heteroatoms. The molecular formula is C25H28N4O3. The van der Waals surface area contributed by atoms with Crippen molar-refractivity contribution < 1.29 is 14.0 Å². The van der Waals surface area contributed by atoms with Crippen LogP contribution >= 0.6 is 0 Å². The average Bonchev–Trinajstić information content (AvgIpc) is 3.23. The second-order valence-electron chi connectivity index (χ2n) is 7.95. The number of aryl methyl sites for hydroxylation is 1. The molecule has 0 bridgehead atoms. The second-order valence-corrected chi connectivity index (χ2v) is 7.95. The number of rotatable bonds is 5. The normalized spacial score (nSPS) is 14.0. The van der Waals surface area contributed by atoms with E-state index in [1.165, 1.54) is 17.5 Å². The molecule has 1 aliphatic rings. The van der Waals surface area contributed by atoms with Gasteiger partial charge in [-0.3, -0.25) is 4.79 Å². The van der Waals surface area contributed by atoms with Crippen molar-refractivity contribution in [3.05, 3.63) is 83.8 Å². The van der Waals surface area contributed by atoms with E-state index in [1.807, 2.05) is 23.1 Å². The Bertz CT molecular complexity index is 1050. The zero-order valence-corrected chi connectivity index (χ0v) is 18.2. The second kappa shape index (κ2) is 10.0.